The van der Waals surface area contributed by atoms with E-state index in [0.717, 1.165) is 23.7 Å². The summed E-state index contributed by atoms with van der Waals surface area (Å²) >= 11 is 0. The van der Waals surface area contributed by atoms with Crippen LogP contribution in [0.4, 0.5) is 4.79 Å². The summed E-state index contributed by atoms with van der Waals surface area (Å²) in [5, 5.41) is 3.02. The molecule has 0 saturated heterocycles. The molecule has 0 heterocycles. The lowest BCUT2D eigenvalue weighted by Crippen LogP contribution is -2.38. The van der Waals surface area contributed by atoms with Gasteiger partial charge in [-0.15, -0.1) is 0 Å². The number of carbonyl (C=O) groups excluding carboxylic acids is 1. The Labute approximate surface area is 89.7 Å². The number of urea groups is 1. The number of hydroxylamine groups is 1. The van der Waals surface area contributed by atoms with Crippen molar-refractivity contribution in [3.05, 3.63) is 0 Å². The molecule has 3 rings (SSSR count). The van der Waals surface area contributed by atoms with Crippen LogP contribution in [0.2, 0.25) is 0 Å². The Morgan fingerprint density at radius 1 is 1.33 bits per heavy atom. The van der Waals surface area contributed by atoms with Gasteiger partial charge in [-0.05, 0) is 49.9 Å². The second-order valence-corrected chi connectivity index (χ2v) is 5.02. The van der Waals surface area contributed by atoms with Crippen LogP contribution in [-0.2, 0) is 4.84 Å². The van der Waals surface area contributed by atoms with Crippen molar-refractivity contribution in [1.82, 2.24) is 10.8 Å². The predicted octanol–water partition coefficient (Wildman–Crippen LogP) is 1.28. The Balaban J connectivity index is 1.49. The maximum absolute atomic E-state index is 11.4. The summed E-state index contributed by atoms with van der Waals surface area (Å²) in [7, 11) is 0. The second-order valence-electron chi connectivity index (χ2n) is 5.02. The number of amides is 2. The smallest absolute Gasteiger partial charge is 0.333 e. The summed E-state index contributed by atoms with van der Waals surface area (Å²) in [6, 6.07) is 0.271. The van der Waals surface area contributed by atoms with Gasteiger partial charge in [-0.3, -0.25) is 4.84 Å². The fourth-order valence-electron chi connectivity index (χ4n) is 3.84. The van der Waals surface area contributed by atoms with Gasteiger partial charge in [0.2, 0.25) is 0 Å². The van der Waals surface area contributed by atoms with Gasteiger partial charge in [0.15, 0.2) is 0 Å². The van der Waals surface area contributed by atoms with Crippen molar-refractivity contribution in [2.75, 3.05) is 6.61 Å². The summed E-state index contributed by atoms with van der Waals surface area (Å²) in [5.41, 5.74) is 2.39. The maximum atomic E-state index is 11.4. The molecule has 0 aromatic rings. The molecule has 84 valence electrons. The van der Waals surface area contributed by atoms with Gasteiger partial charge in [0.25, 0.3) is 0 Å². The fourth-order valence-corrected chi connectivity index (χ4v) is 3.84. The SMILES string of the molecule is CCONC(=O)NC1[C@H]2[C@H]3CC[C@@H](C3)[C@H]12. The normalized spacial score (nSPS) is 45.0. The van der Waals surface area contributed by atoms with Crippen molar-refractivity contribution in [3.63, 3.8) is 0 Å². The molecule has 2 N–H and O–H groups in total. The van der Waals surface area contributed by atoms with Crippen LogP contribution in [0.5, 0.6) is 0 Å². The highest BCUT2D eigenvalue weighted by Crippen LogP contribution is 2.65. The molecule has 3 aliphatic rings. The number of rotatable bonds is 3. The summed E-state index contributed by atoms with van der Waals surface area (Å²) < 4.78 is 0. The molecule has 0 radical (unpaired) electrons. The van der Waals surface area contributed by atoms with Crippen molar-refractivity contribution in [2.45, 2.75) is 32.2 Å². The van der Waals surface area contributed by atoms with Crippen LogP contribution in [0.1, 0.15) is 26.2 Å². The van der Waals surface area contributed by atoms with Crippen LogP contribution < -0.4 is 10.8 Å². The lowest BCUT2D eigenvalue weighted by atomic mass is 10.0. The highest BCUT2D eigenvalue weighted by molar-refractivity contribution is 5.73. The number of hydrogen-bond acceptors (Lipinski definition) is 2. The molecule has 2 bridgehead atoms. The zero-order chi connectivity index (χ0) is 10.4. The first kappa shape index (κ1) is 9.46. The van der Waals surface area contributed by atoms with E-state index in [9.17, 15) is 4.79 Å². The van der Waals surface area contributed by atoms with Crippen LogP contribution in [0.3, 0.4) is 0 Å². The van der Waals surface area contributed by atoms with Crippen LogP contribution in [0.25, 0.3) is 0 Å². The highest BCUT2D eigenvalue weighted by atomic mass is 16.7. The summed E-state index contributed by atoms with van der Waals surface area (Å²) in [6.07, 6.45) is 4.19. The van der Waals surface area contributed by atoms with Gasteiger partial charge in [-0.1, -0.05) is 0 Å². The molecule has 4 atom stereocenters. The third-order valence-electron chi connectivity index (χ3n) is 4.34. The van der Waals surface area contributed by atoms with E-state index in [4.69, 9.17) is 4.84 Å². The lowest BCUT2D eigenvalue weighted by Gasteiger charge is -2.10. The van der Waals surface area contributed by atoms with Gasteiger partial charge in [-0.25, -0.2) is 10.3 Å². The fraction of sp³-hybridized carbons (Fsp3) is 0.909. The van der Waals surface area contributed by atoms with E-state index in [1.54, 1.807) is 0 Å². The molecule has 2 amide bonds. The largest absolute Gasteiger partial charge is 0.338 e. The third-order valence-corrected chi connectivity index (χ3v) is 4.34. The van der Waals surface area contributed by atoms with Gasteiger partial charge >= 0.3 is 6.03 Å². The Morgan fingerprint density at radius 2 is 2.00 bits per heavy atom. The molecule has 0 unspecified atom stereocenters. The van der Waals surface area contributed by atoms with Crippen LogP contribution in [0.15, 0.2) is 0 Å². The summed E-state index contributed by atoms with van der Waals surface area (Å²) in [6.45, 7) is 2.36. The van der Waals surface area contributed by atoms with Crippen LogP contribution in [-0.4, -0.2) is 18.7 Å². The zero-order valence-corrected chi connectivity index (χ0v) is 9.03. The molecule has 0 spiro atoms. The molecule has 3 saturated carbocycles. The van der Waals surface area contributed by atoms with Crippen molar-refractivity contribution in [1.29, 1.82) is 0 Å². The average Bonchev–Trinajstić information content (AvgIpc) is 2.65. The number of nitrogens with one attached hydrogen (secondary N) is 2. The molecule has 3 aliphatic carbocycles. The van der Waals surface area contributed by atoms with Gasteiger partial charge < -0.3 is 5.32 Å². The molecular weight excluding hydrogens is 192 g/mol. The van der Waals surface area contributed by atoms with Gasteiger partial charge in [0, 0.05) is 6.04 Å². The Morgan fingerprint density at radius 3 is 2.60 bits per heavy atom. The standard InChI is InChI=1S/C11H18N2O2/c1-2-15-13-11(14)12-10-8-6-3-4-7(5-6)9(8)10/h6-10H,2-5H2,1H3,(H2,12,13,14)/t6-,7-,8-,9-/m0/s1. The van der Waals surface area contributed by atoms with Crippen molar-refractivity contribution in [3.8, 4) is 0 Å². The van der Waals surface area contributed by atoms with Gasteiger partial charge in [0.1, 0.15) is 0 Å². The predicted molar refractivity (Wildman–Crippen MR) is 54.9 cm³/mol. The van der Waals surface area contributed by atoms with E-state index in [0.29, 0.717) is 12.6 Å². The molecule has 4 nitrogen and oxygen atoms in total. The van der Waals surface area contributed by atoms with Crippen molar-refractivity contribution < 1.29 is 9.63 Å². The van der Waals surface area contributed by atoms with E-state index in [1.807, 2.05) is 6.92 Å². The molecule has 15 heavy (non-hydrogen) atoms. The topological polar surface area (TPSA) is 50.4 Å². The molecule has 3 fully saturated rings. The first-order chi connectivity index (χ1) is 7.31. The Hall–Kier alpha value is -0.770. The number of fused-ring (bicyclic) bond motifs is 5. The maximum Gasteiger partial charge on any atom is 0.338 e. The molecule has 0 aromatic carbocycles. The number of hydrogen-bond donors (Lipinski definition) is 2. The number of carbonyl (C=O) groups is 1. The Bertz CT molecular complexity index is 266. The lowest BCUT2D eigenvalue weighted by molar-refractivity contribution is 0.0701. The highest BCUT2D eigenvalue weighted by Gasteiger charge is 2.65. The van der Waals surface area contributed by atoms with E-state index in [-0.39, 0.29) is 6.03 Å². The average molecular weight is 210 g/mol. The van der Waals surface area contributed by atoms with E-state index >= 15 is 0 Å². The second kappa shape index (κ2) is 3.37. The Kier molecular flexibility index (Phi) is 2.12. The third kappa shape index (κ3) is 1.42. The molecule has 0 aromatic heterocycles. The minimum Gasteiger partial charge on any atom is -0.333 e. The minimum atomic E-state index is -0.171. The van der Waals surface area contributed by atoms with Crippen molar-refractivity contribution in [2.24, 2.45) is 23.7 Å². The molecular formula is C11H18N2O2. The van der Waals surface area contributed by atoms with E-state index in [1.165, 1.54) is 19.3 Å². The zero-order valence-electron chi connectivity index (χ0n) is 9.03. The summed E-state index contributed by atoms with van der Waals surface area (Å²) in [4.78, 5) is 16.2. The van der Waals surface area contributed by atoms with Crippen LogP contribution >= 0.6 is 0 Å². The molecule has 4 heteroatoms. The first-order valence-corrected chi connectivity index (χ1v) is 5.99. The van der Waals surface area contributed by atoms with E-state index < -0.39 is 0 Å². The monoisotopic (exact) mass is 210 g/mol. The minimum absolute atomic E-state index is 0.171. The van der Waals surface area contributed by atoms with Crippen LogP contribution in [0, 0.1) is 23.7 Å². The first-order valence-electron chi connectivity index (χ1n) is 5.99. The van der Waals surface area contributed by atoms with Gasteiger partial charge in [-0.2, -0.15) is 0 Å². The van der Waals surface area contributed by atoms with E-state index in [2.05, 4.69) is 10.8 Å². The molecule has 0 aliphatic heterocycles. The van der Waals surface area contributed by atoms with Gasteiger partial charge in [0.05, 0.1) is 6.61 Å². The van der Waals surface area contributed by atoms with Crippen molar-refractivity contribution >= 4 is 6.03 Å². The summed E-state index contributed by atoms with van der Waals surface area (Å²) in [5.74, 6) is 3.38. The quantitative estimate of drug-likeness (QED) is 0.689.